The molecule has 6 heteroatoms. The molecule has 110 valence electrons. The summed E-state index contributed by atoms with van der Waals surface area (Å²) >= 11 is 11.9. The molecule has 0 atom stereocenters. The third kappa shape index (κ3) is 3.60. The molecule has 2 aromatic rings. The van der Waals surface area contributed by atoms with E-state index in [1.165, 1.54) is 0 Å². The summed E-state index contributed by atoms with van der Waals surface area (Å²) in [4.78, 5) is 12.3. The van der Waals surface area contributed by atoms with Crippen LogP contribution in [0, 0.1) is 0 Å². The fourth-order valence-electron chi connectivity index (χ4n) is 1.79. The predicted molar refractivity (Wildman–Crippen MR) is 86.4 cm³/mol. The molecule has 0 aromatic heterocycles. The number of rotatable bonds is 4. The molecule has 0 saturated heterocycles. The number of amides is 1. The van der Waals surface area contributed by atoms with Crippen LogP contribution in [-0.2, 0) is 0 Å². The van der Waals surface area contributed by atoms with Crippen molar-refractivity contribution >= 4 is 40.5 Å². The van der Waals surface area contributed by atoms with E-state index in [1.807, 2.05) is 6.92 Å². The summed E-state index contributed by atoms with van der Waals surface area (Å²) in [5.74, 6) is 0.209. The van der Waals surface area contributed by atoms with Gasteiger partial charge in [0.25, 0.3) is 5.91 Å². The molecule has 2 aromatic carbocycles. The van der Waals surface area contributed by atoms with Crippen molar-refractivity contribution in [3.63, 3.8) is 0 Å². The summed E-state index contributed by atoms with van der Waals surface area (Å²) in [6.07, 6.45) is 0. The SMILES string of the molecule is CCOc1ccccc1C(=O)Nc1cc(Cl)c(N)c(Cl)c1. The van der Waals surface area contributed by atoms with Crippen LogP contribution in [0.1, 0.15) is 17.3 Å². The number of benzene rings is 2. The second-order valence-corrected chi connectivity index (χ2v) is 5.05. The van der Waals surface area contributed by atoms with Gasteiger partial charge in [0.1, 0.15) is 5.75 Å². The topological polar surface area (TPSA) is 64.3 Å². The van der Waals surface area contributed by atoms with Crippen LogP contribution in [0.3, 0.4) is 0 Å². The lowest BCUT2D eigenvalue weighted by Crippen LogP contribution is -2.13. The fourth-order valence-corrected chi connectivity index (χ4v) is 2.28. The van der Waals surface area contributed by atoms with Crippen molar-refractivity contribution in [2.45, 2.75) is 6.92 Å². The number of carbonyl (C=O) groups excluding carboxylic acids is 1. The quantitative estimate of drug-likeness (QED) is 0.827. The minimum Gasteiger partial charge on any atom is -0.493 e. The number of anilines is 2. The Bertz CT molecular complexity index is 651. The van der Waals surface area contributed by atoms with E-state index >= 15 is 0 Å². The number of para-hydroxylation sites is 1. The lowest BCUT2D eigenvalue weighted by molar-refractivity contribution is 0.102. The molecule has 0 bridgehead atoms. The van der Waals surface area contributed by atoms with E-state index in [9.17, 15) is 4.79 Å². The summed E-state index contributed by atoms with van der Waals surface area (Å²) in [6, 6.07) is 10.1. The van der Waals surface area contributed by atoms with Crippen LogP contribution >= 0.6 is 23.2 Å². The number of nitrogen functional groups attached to an aromatic ring is 1. The van der Waals surface area contributed by atoms with Crippen LogP contribution in [0.4, 0.5) is 11.4 Å². The van der Waals surface area contributed by atoms with Gasteiger partial charge in [0.15, 0.2) is 0 Å². The Hall–Kier alpha value is -1.91. The maximum atomic E-state index is 12.3. The fraction of sp³-hybridized carbons (Fsp3) is 0.133. The van der Waals surface area contributed by atoms with Crippen LogP contribution in [-0.4, -0.2) is 12.5 Å². The first kappa shape index (κ1) is 15.5. The molecule has 2 rings (SSSR count). The monoisotopic (exact) mass is 324 g/mol. The van der Waals surface area contributed by atoms with E-state index in [0.717, 1.165) is 0 Å². The van der Waals surface area contributed by atoms with Gasteiger partial charge in [-0.1, -0.05) is 35.3 Å². The summed E-state index contributed by atoms with van der Waals surface area (Å²) < 4.78 is 5.43. The van der Waals surface area contributed by atoms with Gasteiger partial charge in [0, 0.05) is 5.69 Å². The molecule has 4 nitrogen and oxygen atoms in total. The molecule has 0 fully saturated rings. The molecule has 0 aliphatic carbocycles. The Labute approximate surface area is 132 Å². The van der Waals surface area contributed by atoms with E-state index in [1.54, 1.807) is 36.4 Å². The lowest BCUT2D eigenvalue weighted by Gasteiger charge is -2.11. The Morgan fingerprint density at radius 3 is 2.48 bits per heavy atom. The van der Waals surface area contributed by atoms with Crippen LogP contribution in [0.15, 0.2) is 36.4 Å². The Morgan fingerprint density at radius 1 is 1.24 bits per heavy atom. The normalized spacial score (nSPS) is 10.2. The molecule has 21 heavy (non-hydrogen) atoms. The molecule has 0 aliphatic heterocycles. The van der Waals surface area contributed by atoms with E-state index in [-0.39, 0.29) is 21.6 Å². The summed E-state index contributed by atoms with van der Waals surface area (Å²) in [6.45, 7) is 2.33. The molecule has 0 heterocycles. The molecule has 0 radical (unpaired) electrons. The third-order valence-corrected chi connectivity index (χ3v) is 3.39. The van der Waals surface area contributed by atoms with Crippen molar-refractivity contribution in [2.75, 3.05) is 17.7 Å². The zero-order chi connectivity index (χ0) is 15.4. The first-order chi connectivity index (χ1) is 10.0. The maximum absolute atomic E-state index is 12.3. The first-order valence-electron chi connectivity index (χ1n) is 6.30. The highest BCUT2D eigenvalue weighted by atomic mass is 35.5. The van der Waals surface area contributed by atoms with Gasteiger partial charge in [0.05, 0.1) is 27.9 Å². The smallest absolute Gasteiger partial charge is 0.259 e. The number of hydrogen-bond acceptors (Lipinski definition) is 3. The van der Waals surface area contributed by atoms with Crippen LogP contribution in [0.2, 0.25) is 10.0 Å². The highest BCUT2D eigenvalue weighted by Gasteiger charge is 2.13. The Balaban J connectivity index is 2.26. The number of nitrogens with two attached hydrogens (primary N) is 1. The number of nitrogens with one attached hydrogen (secondary N) is 1. The number of hydrogen-bond donors (Lipinski definition) is 2. The lowest BCUT2D eigenvalue weighted by atomic mass is 10.2. The number of halogens is 2. The first-order valence-corrected chi connectivity index (χ1v) is 7.06. The summed E-state index contributed by atoms with van der Waals surface area (Å²) in [5.41, 5.74) is 6.84. The van der Waals surface area contributed by atoms with Gasteiger partial charge in [-0.05, 0) is 31.2 Å². The molecule has 3 N–H and O–H groups in total. The highest BCUT2D eigenvalue weighted by molar-refractivity contribution is 6.39. The van der Waals surface area contributed by atoms with Gasteiger partial charge in [0.2, 0.25) is 0 Å². The average Bonchev–Trinajstić information content (AvgIpc) is 2.45. The van der Waals surface area contributed by atoms with E-state index in [4.69, 9.17) is 33.7 Å². The van der Waals surface area contributed by atoms with Gasteiger partial charge in [-0.15, -0.1) is 0 Å². The van der Waals surface area contributed by atoms with E-state index in [0.29, 0.717) is 23.6 Å². The largest absolute Gasteiger partial charge is 0.493 e. The molecule has 0 aliphatic rings. The van der Waals surface area contributed by atoms with Crippen molar-refractivity contribution in [2.24, 2.45) is 0 Å². The highest BCUT2D eigenvalue weighted by Crippen LogP contribution is 2.31. The molecule has 0 unspecified atom stereocenters. The second-order valence-electron chi connectivity index (χ2n) is 4.24. The standard InChI is InChI=1S/C15H14Cl2N2O2/c1-2-21-13-6-4-3-5-10(13)15(20)19-9-7-11(16)14(18)12(17)8-9/h3-8H,2,18H2,1H3,(H,19,20). The minimum absolute atomic E-state index is 0.283. The molecular formula is C15H14Cl2N2O2. The second kappa shape index (κ2) is 6.70. The van der Waals surface area contributed by atoms with Crippen molar-refractivity contribution in [3.05, 3.63) is 52.0 Å². The third-order valence-electron chi connectivity index (χ3n) is 2.77. The van der Waals surface area contributed by atoms with Gasteiger partial charge in [-0.2, -0.15) is 0 Å². The zero-order valence-electron chi connectivity index (χ0n) is 11.3. The van der Waals surface area contributed by atoms with Crippen LogP contribution < -0.4 is 15.8 Å². The molecular weight excluding hydrogens is 311 g/mol. The maximum Gasteiger partial charge on any atom is 0.259 e. The number of ether oxygens (including phenoxy) is 1. The van der Waals surface area contributed by atoms with E-state index in [2.05, 4.69) is 5.32 Å². The molecule has 0 saturated carbocycles. The van der Waals surface area contributed by atoms with E-state index < -0.39 is 0 Å². The van der Waals surface area contributed by atoms with Crippen molar-refractivity contribution in [3.8, 4) is 5.75 Å². The van der Waals surface area contributed by atoms with Crippen molar-refractivity contribution in [1.29, 1.82) is 0 Å². The molecule has 1 amide bonds. The minimum atomic E-state index is -0.309. The van der Waals surface area contributed by atoms with Gasteiger partial charge in [-0.25, -0.2) is 0 Å². The molecule has 0 spiro atoms. The predicted octanol–water partition coefficient (Wildman–Crippen LogP) is 4.23. The average molecular weight is 325 g/mol. The van der Waals surface area contributed by atoms with Crippen molar-refractivity contribution < 1.29 is 9.53 Å². The summed E-state index contributed by atoms with van der Waals surface area (Å²) in [7, 11) is 0. The van der Waals surface area contributed by atoms with Crippen LogP contribution in [0.25, 0.3) is 0 Å². The van der Waals surface area contributed by atoms with Crippen LogP contribution in [0.5, 0.6) is 5.75 Å². The Kier molecular flexibility index (Phi) is 4.94. The van der Waals surface area contributed by atoms with Gasteiger partial charge >= 0.3 is 0 Å². The van der Waals surface area contributed by atoms with Gasteiger partial charge < -0.3 is 15.8 Å². The summed E-state index contributed by atoms with van der Waals surface area (Å²) in [5, 5.41) is 3.30. The number of carbonyl (C=O) groups is 1. The zero-order valence-corrected chi connectivity index (χ0v) is 12.8. The van der Waals surface area contributed by atoms with Crippen molar-refractivity contribution in [1.82, 2.24) is 0 Å². The van der Waals surface area contributed by atoms with Gasteiger partial charge in [-0.3, -0.25) is 4.79 Å². The Morgan fingerprint density at radius 2 is 1.86 bits per heavy atom.